The van der Waals surface area contributed by atoms with Gasteiger partial charge < -0.3 is 0 Å². The van der Waals surface area contributed by atoms with E-state index >= 15 is 0 Å². The molecule has 0 aliphatic heterocycles. The van der Waals surface area contributed by atoms with Crippen molar-refractivity contribution in [2.24, 2.45) is 5.84 Å². The molecule has 0 fully saturated rings. The molecule has 6 heteroatoms. The quantitative estimate of drug-likeness (QED) is 0.573. The molecule has 5 nitrogen and oxygen atoms in total. The lowest BCUT2D eigenvalue weighted by Crippen LogP contribution is -2.30. The summed E-state index contributed by atoms with van der Waals surface area (Å²) in [5, 5.41) is 8.78. The Labute approximate surface area is 127 Å². The smallest absolute Gasteiger partial charge is 0.0913 e. The zero-order valence-electron chi connectivity index (χ0n) is 11.1. The molecule has 0 spiro atoms. The maximum atomic E-state index is 6.27. The van der Waals surface area contributed by atoms with E-state index in [1.165, 1.54) is 0 Å². The fraction of sp³-hybridized carbons (Fsp3) is 0.0667. The summed E-state index contributed by atoms with van der Waals surface area (Å²) >= 11 is 6.27. The Hall–Kier alpha value is -2.21. The summed E-state index contributed by atoms with van der Waals surface area (Å²) in [6, 6.07) is 17.0. The second-order valence-electron chi connectivity index (χ2n) is 4.53. The van der Waals surface area contributed by atoms with Gasteiger partial charge in [0.15, 0.2) is 0 Å². The number of rotatable bonds is 4. The Balaban J connectivity index is 2.08. The molecule has 21 heavy (non-hydrogen) atoms. The first-order chi connectivity index (χ1) is 10.3. The van der Waals surface area contributed by atoms with Crippen molar-refractivity contribution in [1.29, 1.82) is 0 Å². The topological polar surface area (TPSA) is 68.8 Å². The van der Waals surface area contributed by atoms with Crippen molar-refractivity contribution in [3.8, 4) is 5.69 Å². The normalized spacial score (nSPS) is 12.3. The van der Waals surface area contributed by atoms with Crippen LogP contribution >= 0.6 is 11.6 Å². The zero-order valence-corrected chi connectivity index (χ0v) is 11.9. The third-order valence-corrected chi connectivity index (χ3v) is 3.60. The molecule has 1 aromatic heterocycles. The van der Waals surface area contributed by atoms with E-state index in [9.17, 15) is 0 Å². The summed E-state index contributed by atoms with van der Waals surface area (Å²) in [5.74, 6) is 5.73. The molecule has 3 aromatic rings. The Morgan fingerprint density at radius 2 is 1.76 bits per heavy atom. The van der Waals surface area contributed by atoms with E-state index in [0.29, 0.717) is 5.02 Å². The second kappa shape index (κ2) is 6.05. The highest BCUT2D eigenvalue weighted by molar-refractivity contribution is 6.31. The summed E-state index contributed by atoms with van der Waals surface area (Å²) in [6.07, 6.45) is 1.68. The van der Waals surface area contributed by atoms with Crippen molar-refractivity contribution in [3.63, 3.8) is 0 Å². The van der Waals surface area contributed by atoms with Gasteiger partial charge >= 0.3 is 0 Å². The lowest BCUT2D eigenvalue weighted by Gasteiger charge is -2.18. The number of hydrogen-bond acceptors (Lipinski definition) is 4. The van der Waals surface area contributed by atoms with Crippen molar-refractivity contribution in [2.45, 2.75) is 6.04 Å². The Morgan fingerprint density at radius 3 is 2.48 bits per heavy atom. The van der Waals surface area contributed by atoms with Crippen molar-refractivity contribution < 1.29 is 0 Å². The monoisotopic (exact) mass is 299 g/mol. The summed E-state index contributed by atoms with van der Waals surface area (Å²) < 4.78 is 1.74. The van der Waals surface area contributed by atoms with E-state index in [0.717, 1.165) is 16.9 Å². The first-order valence-electron chi connectivity index (χ1n) is 6.48. The molecular formula is C15H14ClN5. The predicted octanol–water partition coefficient (Wildman–Crippen LogP) is 2.47. The molecule has 1 heterocycles. The molecular weight excluding hydrogens is 286 g/mol. The lowest BCUT2D eigenvalue weighted by atomic mass is 10.0. The third-order valence-electron chi connectivity index (χ3n) is 3.26. The summed E-state index contributed by atoms with van der Waals surface area (Å²) in [5.41, 5.74) is 5.39. The molecule has 0 saturated carbocycles. The van der Waals surface area contributed by atoms with Crippen LogP contribution in [-0.4, -0.2) is 15.0 Å². The van der Waals surface area contributed by atoms with Gasteiger partial charge in [0.25, 0.3) is 0 Å². The fourth-order valence-corrected chi connectivity index (χ4v) is 2.50. The summed E-state index contributed by atoms with van der Waals surface area (Å²) in [6.45, 7) is 0. The van der Waals surface area contributed by atoms with Crippen molar-refractivity contribution >= 4 is 11.6 Å². The average molecular weight is 300 g/mol. The molecule has 0 saturated heterocycles. The average Bonchev–Trinajstić information content (AvgIpc) is 3.00. The van der Waals surface area contributed by atoms with Crippen LogP contribution in [0.25, 0.3) is 5.69 Å². The second-order valence-corrected chi connectivity index (χ2v) is 4.93. The highest BCUT2D eigenvalue weighted by Gasteiger charge is 2.20. The Bertz CT molecular complexity index is 726. The minimum atomic E-state index is -0.297. The van der Waals surface area contributed by atoms with Gasteiger partial charge in [0.05, 0.1) is 23.6 Å². The van der Waals surface area contributed by atoms with Gasteiger partial charge in [-0.3, -0.25) is 5.84 Å². The van der Waals surface area contributed by atoms with Gasteiger partial charge in [0.2, 0.25) is 0 Å². The van der Waals surface area contributed by atoms with Gasteiger partial charge in [-0.1, -0.05) is 53.2 Å². The molecule has 0 bridgehead atoms. The van der Waals surface area contributed by atoms with Crippen LogP contribution in [0.5, 0.6) is 0 Å². The molecule has 106 valence electrons. The highest BCUT2D eigenvalue weighted by atomic mass is 35.5. The maximum absolute atomic E-state index is 6.27. The molecule has 3 rings (SSSR count). The first kappa shape index (κ1) is 13.8. The van der Waals surface area contributed by atoms with E-state index in [2.05, 4.69) is 15.7 Å². The van der Waals surface area contributed by atoms with Crippen LogP contribution in [0.15, 0.2) is 60.8 Å². The van der Waals surface area contributed by atoms with Gasteiger partial charge in [-0.2, -0.15) is 0 Å². The number of aromatic nitrogens is 3. The molecule has 3 N–H and O–H groups in total. The number of nitrogens with two attached hydrogens (primary N) is 1. The van der Waals surface area contributed by atoms with Crippen molar-refractivity contribution in [3.05, 3.63) is 77.1 Å². The minimum Gasteiger partial charge on any atom is -0.271 e. The molecule has 0 aliphatic rings. The number of hydrogen-bond donors (Lipinski definition) is 2. The fourth-order valence-electron chi connectivity index (χ4n) is 2.25. The Kier molecular flexibility index (Phi) is 3.96. The Morgan fingerprint density at radius 1 is 1.05 bits per heavy atom. The van der Waals surface area contributed by atoms with Gasteiger partial charge in [-0.15, -0.1) is 5.10 Å². The zero-order chi connectivity index (χ0) is 14.7. The molecule has 1 atom stereocenters. The number of nitrogens with zero attached hydrogens (tertiary/aromatic N) is 3. The largest absolute Gasteiger partial charge is 0.271 e. The summed E-state index contributed by atoms with van der Waals surface area (Å²) in [7, 11) is 0. The molecule has 2 aromatic carbocycles. The standard InChI is InChI=1S/C15H14ClN5/c16-13-9-5-4-8-12(13)15(19-17)14-10-18-20-21(14)11-6-2-1-3-7-11/h1-10,15,19H,17H2. The van der Waals surface area contributed by atoms with Gasteiger partial charge in [0, 0.05) is 5.02 Å². The van der Waals surface area contributed by atoms with Crippen LogP contribution in [-0.2, 0) is 0 Å². The maximum Gasteiger partial charge on any atom is 0.0913 e. The van der Waals surface area contributed by atoms with Crippen LogP contribution in [0.2, 0.25) is 5.02 Å². The van der Waals surface area contributed by atoms with Crippen LogP contribution in [0.3, 0.4) is 0 Å². The van der Waals surface area contributed by atoms with E-state index in [1.807, 2.05) is 54.6 Å². The van der Waals surface area contributed by atoms with Crippen LogP contribution in [0.4, 0.5) is 0 Å². The molecule has 0 radical (unpaired) electrons. The number of benzene rings is 2. The lowest BCUT2D eigenvalue weighted by molar-refractivity contribution is 0.595. The van der Waals surface area contributed by atoms with Gasteiger partial charge in [-0.25, -0.2) is 10.1 Å². The molecule has 0 aliphatic carbocycles. The number of nitrogens with one attached hydrogen (secondary N) is 1. The van der Waals surface area contributed by atoms with Crippen LogP contribution in [0.1, 0.15) is 17.3 Å². The van der Waals surface area contributed by atoms with Crippen molar-refractivity contribution in [1.82, 2.24) is 20.4 Å². The van der Waals surface area contributed by atoms with E-state index in [4.69, 9.17) is 17.4 Å². The van der Waals surface area contributed by atoms with Gasteiger partial charge in [0.1, 0.15) is 0 Å². The van der Waals surface area contributed by atoms with Gasteiger partial charge in [-0.05, 0) is 23.8 Å². The third kappa shape index (κ3) is 2.67. The number of hydrazine groups is 1. The van der Waals surface area contributed by atoms with E-state index in [-0.39, 0.29) is 6.04 Å². The predicted molar refractivity (Wildman–Crippen MR) is 82.0 cm³/mol. The van der Waals surface area contributed by atoms with Crippen molar-refractivity contribution in [2.75, 3.05) is 0 Å². The number of para-hydroxylation sites is 1. The SMILES string of the molecule is NNC(c1ccccc1Cl)c1cnnn1-c1ccccc1. The van der Waals surface area contributed by atoms with Crippen LogP contribution < -0.4 is 11.3 Å². The molecule has 0 amide bonds. The van der Waals surface area contributed by atoms with Crippen LogP contribution in [0, 0.1) is 0 Å². The van der Waals surface area contributed by atoms with E-state index in [1.54, 1.807) is 10.9 Å². The van der Waals surface area contributed by atoms with E-state index < -0.39 is 0 Å². The molecule has 1 unspecified atom stereocenters. The minimum absolute atomic E-state index is 0.297. The highest BCUT2D eigenvalue weighted by Crippen LogP contribution is 2.28. The summed E-state index contributed by atoms with van der Waals surface area (Å²) in [4.78, 5) is 0. The first-order valence-corrected chi connectivity index (χ1v) is 6.85. The number of halogens is 1.